The fraction of sp³-hybridized carbons (Fsp3) is 0.176. The molecule has 0 radical (unpaired) electrons. The van der Waals surface area contributed by atoms with E-state index in [-0.39, 0.29) is 17.1 Å². The second kappa shape index (κ2) is 8.42. The van der Waals surface area contributed by atoms with Crippen LogP contribution < -0.4 is 10.6 Å². The van der Waals surface area contributed by atoms with Gasteiger partial charge in [-0.2, -0.15) is 0 Å². The van der Waals surface area contributed by atoms with Crippen molar-refractivity contribution in [3.05, 3.63) is 52.5 Å². The summed E-state index contributed by atoms with van der Waals surface area (Å²) in [5.74, 6) is -0.295. The highest BCUT2D eigenvalue weighted by molar-refractivity contribution is 8.00. The van der Waals surface area contributed by atoms with Gasteiger partial charge in [0.25, 0.3) is 0 Å². The number of benzene rings is 2. The lowest BCUT2D eigenvalue weighted by Gasteiger charge is -2.13. The van der Waals surface area contributed by atoms with Gasteiger partial charge in [0, 0.05) is 22.5 Å². The third-order valence-corrected chi connectivity index (χ3v) is 4.72. The van der Waals surface area contributed by atoms with Crippen molar-refractivity contribution in [3.8, 4) is 0 Å². The Bertz CT molecular complexity index is 751. The summed E-state index contributed by atoms with van der Waals surface area (Å²) in [7, 11) is 0. The maximum absolute atomic E-state index is 12.3. The smallest absolute Gasteiger partial charge is 0.237 e. The molecule has 2 aromatic rings. The van der Waals surface area contributed by atoms with Crippen molar-refractivity contribution in [2.45, 2.75) is 24.0 Å². The van der Waals surface area contributed by atoms with Crippen molar-refractivity contribution in [2.24, 2.45) is 0 Å². The van der Waals surface area contributed by atoms with Crippen molar-refractivity contribution < 1.29 is 9.59 Å². The van der Waals surface area contributed by atoms with Gasteiger partial charge in [-0.05, 0) is 49.4 Å². The predicted molar refractivity (Wildman–Crippen MR) is 101 cm³/mol. The van der Waals surface area contributed by atoms with Crippen molar-refractivity contribution in [1.82, 2.24) is 0 Å². The summed E-state index contributed by atoms with van der Waals surface area (Å²) in [5, 5.41) is 6.08. The predicted octanol–water partition coefficient (Wildman–Crippen LogP) is 5.07. The number of amides is 2. The van der Waals surface area contributed by atoms with Gasteiger partial charge in [0.05, 0.1) is 16.0 Å². The van der Waals surface area contributed by atoms with Gasteiger partial charge >= 0.3 is 0 Å². The van der Waals surface area contributed by atoms with Crippen molar-refractivity contribution >= 4 is 58.2 Å². The van der Waals surface area contributed by atoms with Gasteiger partial charge in [-0.15, -0.1) is 11.8 Å². The molecule has 2 aromatic carbocycles. The maximum Gasteiger partial charge on any atom is 0.237 e. The Kier molecular flexibility index (Phi) is 6.54. The molecule has 0 saturated heterocycles. The number of nitrogens with one attached hydrogen (secondary N) is 2. The molecular formula is C17H16Cl2N2O2S. The summed E-state index contributed by atoms with van der Waals surface area (Å²) in [6, 6.07) is 12.2. The van der Waals surface area contributed by atoms with Crippen LogP contribution in [0.2, 0.25) is 10.0 Å². The zero-order valence-electron chi connectivity index (χ0n) is 13.1. The Labute approximate surface area is 154 Å². The van der Waals surface area contributed by atoms with Crippen LogP contribution in [0, 0.1) is 0 Å². The molecule has 2 N–H and O–H groups in total. The number of carbonyl (C=O) groups is 2. The lowest BCUT2D eigenvalue weighted by Crippen LogP contribution is -2.22. The molecule has 126 valence electrons. The standard InChI is InChI=1S/C17H16Cl2N2O2S/c1-10(17(23)21-16-9-12(18)3-8-15(16)19)24-14-6-4-13(5-7-14)20-11(2)22/h3-10H,1-2H3,(H,20,22)(H,21,23)/t10-/m0/s1. The van der Waals surface area contributed by atoms with Crippen molar-refractivity contribution in [3.63, 3.8) is 0 Å². The van der Waals surface area contributed by atoms with Crippen LogP contribution in [-0.2, 0) is 9.59 Å². The molecule has 24 heavy (non-hydrogen) atoms. The van der Waals surface area contributed by atoms with E-state index < -0.39 is 0 Å². The van der Waals surface area contributed by atoms with Gasteiger partial charge in [-0.25, -0.2) is 0 Å². The van der Waals surface area contributed by atoms with Crippen LogP contribution in [0.3, 0.4) is 0 Å². The highest BCUT2D eigenvalue weighted by Crippen LogP contribution is 2.28. The zero-order valence-corrected chi connectivity index (χ0v) is 15.4. The quantitative estimate of drug-likeness (QED) is 0.709. The first-order valence-electron chi connectivity index (χ1n) is 7.15. The number of hydrogen-bond donors (Lipinski definition) is 2. The van der Waals surface area contributed by atoms with Crippen molar-refractivity contribution in [2.75, 3.05) is 10.6 Å². The highest BCUT2D eigenvalue weighted by Gasteiger charge is 2.16. The lowest BCUT2D eigenvalue weighted by atomic mass is 10.3. The molecule has 0 aliphatic carbocycles. The Morgan fingerprint density at radius 1 is 1.04 bits per heavy atom. The first kappa shape index (κ1) is 18.6. The lowest BCUT2D eigenvalue weighted by molar-refractivity contribution is -0.115. The van der Waals surface area contributed by atoms with Crippen LogP contribution in [0.25, 0.3) is 0 Å². The van der Waals surface area contributed by atoms with Gasteiger partial charge < -0.3 is 10.6 Å². The molecule has 1 atom stereocenters. The van der Waals surface area contributed by atoms with E-state index >= 15 is 0 Å². The molecular weight excluding hydrogens is 367 g/mol. The highest BCUT2D eigenvalue weighted by atomic mass is 35.5. The van der Waals surface area contributed by atoms with Crippen molar-refractivity contribution in [1.29, 1.82) is 0 Å². The molecule has 4 nitrogen and oxygen atoms in total. The Morgan fingerprint density at radius 3 is 2.33 bits per heavy atom. The third-order valence-electron chi connectivity index (χ3n) is 3.04. The minimum absolute atomic E-state index is 0.124. The second-order valence-corrected chi connectivity index (χ2v) is 7.34. The van der Waals surface area contributed by atoms with Crippen LogP contribution in [0.15, 0.2) is 47.4 Å². The zero-order chi connectivity index (χ0) is 17.7. The summed E-state index contributed by atoms with van der Waals surface area (Å²) in [4.78, 5) is 24.2. The summed E-state index contributed by atoms with van der Waals surface area (Å²) in [5.41, 5.74) is 1.21. The number of hydrogen-bond acceptors (Lipinski definition) is 3. The summed E-state index contributed by atoms with van der Waals surface area (Å²) in [6.07, 6.45) is 0. The largest absolute Gasteiger partial charge is 0.326 e. The average Bonchev–Trinajstić information content (AvgIpc) is 2.52. The molecule has 2 amide bonds. The van der Waals surface area contributed by atoms with E-state index in [1.807, 2.05) is 12.1 Å². The first-order valence-corrected chi connectivity index (χ1v) is 8.79. The van der Waals surface area contributed by atoms with Crippen LogP contribution in [0.5, 0.6) is 0 Å². The number of rotatable bonds is 5. The van der Waals surface area contributed by atoms with E-state index in [0.29, 0.717) is 15.7 Å². The molecule has 7 heteroatoms. The molecule has 0 spiro atoms. The topological polar surface area (TPSA) is 58.2 Å². The molecule has 0 fully saturated rings. The second-order valence-electron chi connectivity index (χ2n) is 5.08. The average molecular weight is 383 g/mol. The first-order chi connectivity index (χ1) is 11.3. The summed E-state index contributed by atoms with van der Waals surface area (Å²) in [6.45, 7) is 3.26. The Hall–Kier alpha value is -1.69. The number of carbonyl (C=O) groups excluding carboxylic acids is 2. The number of anilines is 2. The minimum atomic E-state index is -0.327. The Balaban J connectivity index is 1.98. The maximum atomic E-state index is 12.3. The van der Waals surface area contributed by atoms with E-state index in [1.165, 1.54) is 18.7 Å². The van der Waals surface area contributed by atoms with E-state index in [0.717, 1.165) is 10.6 Å². The molecule has 0 heterocycles. The summed E-state index contributed by atoms with van der Waals surface area (Å²) < 4.78 is 0. The van der Waals surface area contributed by atoms with Gasteiger partial charge in [-0.3, -0.25) is 9.59 Å². The van der Waals surface area contributed by atoms with Gasteiger partial charge in [0.2, 0.25) is 11.8 Å². The Morgan fingerprint density at radius 2 is 1.71 bits per heavy atom. The molecule has 0 aliphatic rings. The third kappa shape index (κ3) is 5.44. The van der Waals surface area contributed by atoms with Gasteiger partial charge in [0.15, 0.2) is 0 Å². The van der Waals surface area contributed by atoms with Crippen LogP contribution in [0.4, 0.5) is 11.4 Å². The fourth-order valence-corrected chi connectivity index (χ4v) is 3.11. The van der Waals surface area contributed by atoms with Crippen LogP contribution >= 0.6 is 35.0 Å². The van der Waals surface area contributed by atoms with Gasteiger partial charge in [0.1, 0.15) is 0 Å². The molecule has 2 rings (SSSR count). The molecule has 0 saturated carbocycles. The molecule has 0 aromatic heterocycles. The monoisotopic (exact) mass is 382 g/mol. The van der Waals surface area contributed by atoms with Gasteiger partial charge in [-0.1, -0.05) is 23.2 Å². The normalized spacial score (nSPS) is 11.7. The molecule has 0 bridgehead atoms. The van der Waals surface area contributed by atoms with E-state index in [2.05, 4.69) is 10.6 Å². The van der Waals surface area contributed by atoms with E-state index in [4.69, 9.17) is 23.2 Å². The van der Waals surface area contributed by atoms with E-state index in [1.54, 1.807) is 37.3 Å². The van der Waals surface area contributed by atoms with E-state index in [9.17, 15) is 9.59 Å². The molecule has 0 unspecified atom stereocenters. The summed E-state index contributed by atoms with van der Waals surface area (Å²) >= 11 is 13.4. The van der Waals surface area contributed by atoms with Crippen LogP contribution in [0.1, 0.15) is 13.8 Å². The SMILES string of the molecule is CC(=O)Nc1ccc(S[C@@H](C)C(=O)Nc2cc(Cl)ccc2Cl)cc1. The minimum Gasteiger partial charge on any atom is -0.326 e. The fourth-order valence-electron chi connectivity index (χ4n) is 1.91. The number of thioether (sulfide) groups is 1. The number of halogens is 2. The van der Waals surface area contributed by atoms with Crippen LogP contribution in [-0.4, -0.2) is 17.1 Å². The molecule has 0 aliphatic heterocycles.